The van der Waals surface area contributed by atoms with Crippen LogP contribution in [0.3, 0.4) is 0 Å². The van der Waals surface area contributed by atoms with E-state index in [-0.39, 0.29) is 17.3 Å². The molecule has 3 heteroatoms. The van der Waals surface area contributed by atoms with Crippen molar-refractivity contribution in [1.29, 1.82) is 0 Å². The zero-order valence-electron chi connectivity index (χ0n) is 9.96. The predicted molar refractivity (Wildman–Crippen MR) is 57.8 cm³/mol. The molecule has 0 radical (unpaired) electrons. The number of esters is 1. The molecule has 2 N–H and O–H groups in total. The summed E-state index contributed by atoms with van der Waals surface area (Å²) >= 11 is 0. The van der Waals surface area contributed by atoms with Crippen molar-refractivity contribution in [3.8, 4) is 0 Å². The van der Waals surface area contributed by atoms with Crippen LogP contribution >= 0.6 is 0 Å². The second kappa shape index (κ2) is 5.35. The van der Waals surface area contributed by atoms with E-state index in [2.05, 4.69) is 20.8 Å². The van der Waals surface area contributed by atoms with Crippen LogP contribution in [0.2, 0.25) is 0 Å². The van der Waals surface area contributed by atoms with Gasteiger partial charge in [0.25, 0.3) is 0 Å². The van der Waals surface area contributed by atoms with E-state index < -0.39 is 6.04 Å². The van der Waals surface area contributed by atoms with Crippen molar-refractivity contribution in [2.45, 2.75) is 47.1 Å². The fourth-order valence-electron chi connectivity index (χ4n) is 0.737. The van der Waals surface area contributed by atoms with E-state index in [9.17, 15) is 4.79 Å². The quantitative estimate of drug-likeness (QED) is 0.692. The first-order chi connectivity index (χ1) is 6.30. The zero-order chi connectivity index (χ0) is 11.4. The Morgan fingerprint density at radius 3 is 2.29 bits per heavy atom. The molecule has 0 amide bonds. The highest BCUT2D eigenvalue weighted by atomic mass is 16.5. The molecular weight excluding hydrogens is 178 g/mol. The number of hydrogen-bond acceptors (Lipinski definition) is 3. The van der Waals surface area contributed by atoms with Gasteiger partial charge in [-0.2, -0.15) is 0 Å². The van der Waals surface area contributed by atoms with Gasteiger partial charge in [-0.1, -0.05) is 34.6 Å². The monoisotopic (exact) mass is 201 g/mol. The van der Waals surface area contributed by atoms with Crippen molar-refractivity contribution in [3.63, 3.8) is 0 Å². The van der Waals surface area contributed by atoms with Gasteiger partial charge in [0.1, 0.15) is 6.04 Å². The molecule has 0 saturated heterocycles. The normalized spacial score (nSPS) is 14.2. The maximum absolute atomic E-state index is 11.4. The molecule has 0 aliphatic rings. The summed E-state index contributed by atoms with van der Waals surface area (Å²) in [5.74, 6) is -0.159. The molecular formula is C11H23NO2. The van der Waals surface area contributed by atoms with E-state index in [4.69, 9.17) is 10.5 Å². The van der Waals surface area contributed by atoms with E-state index >= 15 is 0 Å². The molecule has 0 aliphatic heterocycles. The van der Waals surface area contributed by atoms with Crippen molar-refractivity contribution in [1.82, 2.24) is 0 Å². The fourth-order valence-corrected chi connectivity index (χ4v) is 0.737. The van der Waals surface area contributed by atoms with Crippen LogP contribution in [0.5, 0.6) is 0 Å². The van der Waals surface area contributed by atoms with E-state index in [0.29, 0.717) is 6.61 Å². The predicted octanol–water partition coefficient (Wildman–Crippen LogP) is 1.95. The molecule has 0 bridgehead atoms. The second-order valence-corrected chi connectivity index (χ2v) is 4.90. The number of carbonyl (C=O) groups excluding carboxylic acids is 1. The highest BCUT2D eigenvalue weighted by Gasteiger charge is 2.22. The van der Waals surface area contributed by atoms with Gasteiger partial charge < -0.3 is 10.5 Å². The maximum atomic E-state index is 11.4. The zero-order valence-corrected chi connectivity index (χ0v) is 9.96. The summed E-state index contributed by atoms with van der Waals surface area (Å²) in [6.45, 7) is 10.5. The standard InChI is InChI=1S/C11H23NO2/c1-6-11(4,5)7-14-10(13)9(12)8(2)3/h8-9H,6-7,12H2,1-5H3/t9-/m0/s1. The Bertz CT molecular complexity index is 188. The molecule has 0 unspecified atom stereocenters. The number of carbonyl (C=O) groups is 1. The van der Waals surface area contributed by atoms with Gasteiger partial charge in [0.15, 0.2) is 0 Å². The number of nitrogens with two attached hydrogens (primary N) is 1. The van der Waals surface area contributed by atoms with Crippen LogP contribution in [0, 0.1) is 11.3 Å². The van der Waals surface area contributed by atoms with Crippen molar-refractivity contribution >= 4 is 5.97 Å². The number of ether oxygens (including phenoxy) is 1. The Morgan fingerprint density at radius 1 is 1.43 bits per heavy atom. The Kier molecular flexibility index (Phi) is 5.13. The lowest BCUT2D eigenvalue weighted by molar-refractivity contribution is -0.149. The highest BCUT2D eigenvalue weighted by Crippen LogP contribution is 2.20. The van der Waals surface area contributed by atoms with Crippen molar-refractivity contribution in [2.24, 2.45) is 17.1 Å². The number of hydrogen-bond donors (Lipinski definition) is 1. The van der Waals surface area contributed by atoms with Crippen LogP contribution in [0.15, 0.2) is 0 Å². The fraction of sp³-hybridized carbons (Fsp3) is 0.909. The lowest BCUT2D eigenvalue weighted by atomic mass is 9.92. The van der Waals surface area contributed by atoms with Crippen molar-refractivity contribution < 1.29 is 9.53 Å². The third-order valence-corrected chi connectivity index (χ3v) is 2.55. The summed E-state index contributed by atoms with van der Waals surface area (Å²) in [6, 6.07) is -0.498. The van der Waals surface area contributed by atoms with Gasteiger partial charge in [-0.3, -0.25) is 4.79 Å². The molecule has 84 valence electrons. The van der Waals surface area contributed by atoms with Crippen LogP contribution in [-0.4, -0.2) is 18.6 Å². The third-order valence-electron chi connectivity index (χ3n) is 2.55. The van der Waals surface area contributed by atoms with Crippen LogP contribution in [0.4, 0.5) is 0 Å². The number of rotatable bonds is 5. The van der Waals surface area contributed by atoms with Gasteiger partial charge in [0.2, 0.25) is 0 Å². The largest absolute Gasteiger partial charge is 0.464 e. The molecule has 3 nitrogen and oxygen atoms in total. The average Bonchev–Trinajstić information content (AvgIpc) is 2.13. The van der Waals surface area contributed by atoms with E-state index in [1.54, 1.807) is 0 Å². The minimum Gasteiger partial charge on any atom is -0.464 e. The highest BCUT2D eigenvalue weighted by molar-refractivity contribution is 5.75. The van der Waals surface area contributed by atoms with E-state index in [0.717, 1.165) is 6.42 Å². The summed E-state index contributed by atoms with van der Waals surface area (Å²) in [5, 5.41) is 0. The molecule has 1 atom stereocenters. The second-order valence-electron chi connectivity index (χ2n) is 4.90. The van der Waals surface area contributed by atoms with Crippen LogP contribution in [0.1, 0.15) is 41.0 Å². The summed E-state index contributed by atoms with van der Waals surface area (Å²) < 4.78 is 5.16. The summed E-state index contributed by atoms with van der Waals surface area (Å²) in [6.07, 6.45) is 0.983. The Labute approximate surface area is 87.0 Å². The lowest BCUT2D eigenvalue weighted by Gasteiger charge is -2.23. The lowest BCUT2D eigenvalue weighted by Crippen LogP contribution is -2.38. The first kappa shape index (κ1) is 13.4. The van der Waals surface area contributed by atoms with Gasteiger partial charge >= 0.3 is 5.97 Å². The third kappa shape index (κ3) is 4.61. The van der Waals surface area contributed by atoms with Crippen LogP contribution < -0.4 is 5.73 Å². The van der Waals surface area contributed by atoms with Gasteiger partial charge in [0, 0.05) is 0 Å². The molecule has 0 saturated carbocycles. The maximum Gasteiger partial charge on any atom is 0.323 e. The average molecular weight is 201 g/mol. The first-order valence-electron chi connectivity index (χ1n) is 5.22. The van der Waals surface area contributed by atoms with Crippen molar-refractivity contribution in [3.05, 3.63) is 0 Å². The van der Waals surface area contributed by atoms with Crippen LogP contribution in [0.25, 0.3) is 0 Å². The molecule has 0 rings (SSSR count). The van der Waals surface area contributed by atoms with Gasteiger partial charge in [-0.05, 0) is 17.8 Å². The Hall–Kier alpha value is -0.570. The van der Waals surface area contributed by atoms with Gasteiger partial charge in [0.05, 0.1) is 6.61 Å². The summed E-state index contributed by atoms with van der Waals surface area (Å²) in [4.78, 5) is 11.4. The Morgan fingerprint density at radius 2 is 1.93 bits per heavy atom. The van der Waals surface area contributed by atoms with E-state index in [1.807, 2.05) is 13.8 Å². The molecule has 0 aromatic rings. The minimum atomic E-state index is -0.498. The van der Waals surface area contributed by atoms with Gasteiger partial charge in [-0.25, -0.2) is 0 Å². The molecule has 0 aromatic carbocycles. The first-order valence-corrected chi connectivity index (χ1v) is 5.22. The smallest absolute Gasteiger partial charge is 0.323 e. The topological polar surface area (TPSA) is 52.3 Å². The van der Waals surface area contributed by atoms with Gasteiger partial charge in [-0.15, -0.1) is 0 Å². The summed E-state index contributed by atoms with van der Waals surface area (Å²) in [5.41, 5.74) is 5.70. The molecule has 14 heavy (non-hydrogen) atoms. The minimum absolute atomic E-state index is 0.0480. The van der Waals surface area contributed by atoms with Crippen molar-refractivity contribution in [2.75, 3.05) is 6.61 Å². The molecule has 0 heterocycles. The SMILES string of the molecule is CCC(C)(C)COC(=O)[C@@H](N)C(C)C. The molecule has 0 fully saturated rings. The Balaban J connectivity index is 3.97. The molecule has 0 aliphatic carbocycles. The van der Waals surface area contributed by atoms with E-state index in [1.165, 1.54) is 0 Å². The molecule has 0 spiro atoms. The summed E-state index contributed by atoms with van der Waals surface area (Å²) in [7, 11) is 0. The molecule has 0 aromatic heterocycles. The van der Waals surface area contributed by atoms with Crippen LogP contribution in [-0.2, 0) is 9.53 Å².